The zero-order valence-electron chi connectivity index (χ0n) is 13.3. The predicted molar refractivity (Wildman–Crippen MR) is 90.4 cm³/mol. The number of carbonyl (C=O) groups excluding carboxylic acids is 1. The molecule has 1 amide bonds. The fourth-order valence-electron chi connectivity index (χ4n) is 2.77. The van der Waals surface area contributed by atoms with Crippen LogP contribution in [0.4, 0.5) is 5.69 Å². The lowest BCUT2D eigenvalue weighted by molar-refractivity contribution is 0.0939. The fraction of sp³-hybridized carbons (Fsp3) is 0.222. The van der Waals surface area contributed by atoms with Gasteiger partial charge in [-0.2, -0.15) is 0 Å². The summed E-state index contributed by atoms with van der Waals surface area (Å²) in [6.07, 6.45) is 2.73. The smallest absolute Gasteiger partial charge is 0.255 e. The van der Waals surface area contributed by atoms with E-state index in [0.29, 0.717) is 17.7 Å². The van der Waals surface area contributed by atoms with Crippen molar-refractivity contribution in [2.24, 2.45) is 0 Å². The van der Waals surface area contributed by atoms with E-state index in [1.807, 2.05) is 25.1 Å². The van der Waals surface area contributed by atoms with Gasteiger partial charge in [-0.3, -0.25) is 9.78 Å². The van der Waals surface area contributed by atoms with Crippen LogP contribution in [0.3, 0.4) is 0 Å². The number of aliphatic hydroxyl groups is 2. The van der Waals surface area contributed by atoms with Crippen molar-refractivity contribution in [1.82, 2.24) is 10.3 Å². The molecule has 2 aromatic rings. The highest BCUT2D eigenvalue weighted by molar-refractivity contribution is 5.95. The molecule has 2 heterocycles. The molecule has 0 radical (unpaired) electrons. The summed E-state index contributed by atoms with van der Waals surface area (Å²) in [6, 6.07) is 10.4. The Kier molecular flexibility index (Phi) is 4.48. The zero-order chi connectivity index (χ0) is 17.1. The Morgan fingerprint density at radius 3 is 2.67 bits per heavy atom. The van der Waals surface area contributed by atoms with Crippen molar-refractivity contribution in [1.29, 1.82) is 0 Å². The van der Waals surface area contributed by atoms with E-state index in [9.17, 15) is 15.0 Å². The molecule has 0 spiro atoms. The van der Waals surface area contributed by atoms with Crippen molar-refractivity contribution >= 4 is 11.6 Å². The molecule has 1 unspecified atom stereocenters. The van der Waals surface area contributed by atoms with Crippen molar-refractivity contribution < 1.29 is 15.0 Å². The topological polar surface area (TPSA) is 85.7 Å². The molecule has 0 fully saturated rings. The van der Waals surface area contributed by atoms with E-state index in [-0.39, 0.29) is 11.6 Å². The number of fused-ring (bicyclic) bond motifs is 1. The van der Waals surface area contributed by atoms with Crippen LogP contribution in [0.1, 0.15) is 35.4 Å². The number of aromatic nitrogens is 1. The summed E-state index contributed by atoms with van der Waals surface area (Å²) in [5.41, 5.74) is 1.88. The van der Waals surface area contributed by atoms with E-state index < -0.39 is 12.0 Å². The van der Waals surface area contributed by atoms with Crippen LogP contribution in [0.15, 0.2) is 60.4 Å². The number of aliphatic hydroxyl groups excluding tert-OH is 2. The average molecular weight is 325 g/mol. The zero-order valence-corrected chi connectivity index (χ0v) is 13.3. The van der Waals surface area contributed by atoms with Crippen LogP contribution < -0.4 is 10.2 Å². The highest BCUT2D eigenvalue weighted by atomic mass is 16.3. The minimum Gasteiger partial charge on any atom is -0.493 e. The fourth-order valence-corrected chi connectivity index (χ4v) is 2.77. The lowest BCUT2D eigenvalue weighted by Gasteiger charge is -2.34. The number of hydrogen-bond donors (Lipinski definition) is 3. The van der Waals surface area contributed by atoms with Crippen LogP contribution in [-0.4, -0.2) is 27.6 Å². The minimum absolute atomic E-state index is 0.0870. The monoisotopic (exact) mass is 325 g/mol. The van der Waals surface area contributed by atoms with E-state index in [0.717, 1.165) is 12.1 Å². The van der Waals surface area contributed by atoms with Gasteiger partial charge in [0.05, 0.1) is 5.69 Å². The summed E-state index contributed by atoms with van der Waals surface area (Å²) in [5, 5.41) is 23.8. The van der Waals surface area contributed by atoms with Crippen LogP contribution in [0.2, 0.25) is 0 Å². The number of nitrogens with one attached hydrogen (secondary N) is 1. The van der Waals surface area contributed by atoms with Gasteiger partial charge in [0.25, 0.3) is 5.91 Å². The Bertz CT molecular complexity index is 774. The molecule has 24 heavy (non-hydrogen) atoms. The second-order valence-electron chi connectivity index (χ2n) is 5.54. The maximum absolute atomic E-state index is 12.4. The lowest BCUT2D eigenvalue weighted by Crippen LogP contribution is -2.37. The number of carbonyl (C=O) groups is 1. The Balaban J connectivity index is 1.97. The number of para-hydroxylation sites is 1. The van der Waals surface area contributed by atoms with Crippen LogP contribution in [0.5, 0.6) is 0 Å². The average Bonchev–Trinajstić information content (AvgIpc) is 2.63. The molecule has 1 aliphatic heterocycles. The first-order chi connectivity index (χ1) is 11.6. The molecule has 0 bridgehead atoms. The third kappa shape index (κ3) is 2.83. The molecular formula is C18H19N3O3. The first-order valence-electron chi connectivity index (χ1n) is 7.82. The number of benzene rings is 1. The highest BCUT2D eigenvalue weighted by Gasteiger charge is 2.32. The molecule has 0 aliphatic carbocycles. The van der Waals surface area contributed by atoms with E-state index in [2.05, 4.69) is 10.3 Å². The molecule has 1 atom stereocenters. The highest BCUT2D eigenvalue weighted by Crippen LogP contribution is 2.37. The molecule has 0 saturated carbocycles. The van der Waals surface area contributed by atoms with Gasteiger partial charge in [0.2, 0.25) is 5.88 Å². The van der Waals surface area contributed by atoms with Gasteiger partial charge in [-0.15, -0.1) is 0 Å². The van der Waals surface area contributed by atoms with Gasteiger partial charge in [0, 0.05) is 30.1 Å². The van der Waals surface area contributed by atoms with Crippen molar-refractivity contribution in [2.45, 2.75) is 19.4 Å². The van der Waals surface area contributed by atoms with Crippen LogP contribution in [-0.2, 0) is 0 Å². The number of amides is 1. The summed E-state index contributed by atoms with van der Waals surface area (Å²) in [5.74, 6) is -0.542. The van der Waals surface area contributed by atoms with E-state index >= 15 is 0 Å². The summed E-state index contributed by atoms with van der Waals surface area (Å²) in [7, 11) is 0. The molecule has 3 N–H and O–H groups in total. The van der Waals surface area contributed by atoms with E-state index in [1.54, 1.807) is 23.1 Å². The van der Waals surface area contributed by atoms with Crippen molar-refractivity contribution in [3.8, 4) is 0 Å². The molecular weight excluding hydrogens is 306 g/mol. The van der Waals surface area contributed by atoms with Crippen molar-refractivity contribution in [2.75, 3.05) is 11.4 Å². The minimum atomic E-state index is -1.10. The Morgan fingerprint density at radius 2 is 1.96 bits per heavy atom. The maximum Gasteiger partial charge on any atom is 0.255 e. The van der Waals surface area contributed by atoms with Crippen molar-refractivity contribution in [3.63, 3.8) is 0 Å². The second-order valence-corrected chi connectivity index (χ2v) is 5.54. The molecule has 124 valence electrons. The molecule has 1 aromatic carbocycles. The number of anilines is 1. The van der Waals surface area contributed by atoms with Crippen molar-refractivity contribution in [3.05, 3.63) is 71.5 Å². The molecule has 0 saturated heterocycles. The summed E-state index contributed by atoms with van der Waals surface area (Å²) >= 11 is 0. The van der Waals surface area contributed by atoms with Gasteiger partial charge in [-0.05, 0) is 24.6 Å². The number of hydrogen-bond acceptors (Lipinski definition) is 5. The molecule has 6 heteroatoms. The number of pyridine rings is 1. The van der Waals surface area contributed by atoms with Gasteiger partial charge in [-0.1, -0.05) is 25.1 Å². The molecule has 1 aromatic heterocycles. The maximum atomic E-state index is 12.4. The quantitative estimate of drug-likeness (QED) is 0.804. The van der Waals surface area contributed by atoms with E-state index in [1.165, 1.54) is 12.4 Å². The second kappa shape index (κ2) is 6.72. The number of rotatable bonds is 4. The van der Waals surface area contributed by atoms with Gasteiger partial charge >= 0.3 is 0 Å². The van der Waals surface area contributed by atoms with Crippen LogP contribution in [0.25, 0.3) is 0 Å². The van der Waals surface area contributed by atoms with Gasteiger partial charge < -0.3 is 20.4 Å². The summed E-state index contributed by atoms with van der Waals surface area (Å²) in [6.45, 7) is 2.57. The van der Waals surface area contributed by atoms with Crippen LogP contribution >= 0.6 is 0 Å². The number of nitrogens with zero attached hydrogens (tertiary/aromatic N) is 2. The standard InChI is InChI=1S/C18H19N3O3/c1-2-11-21-14-6-4-3-5-13(14)16(22)15(18(21)24)20-17(23)12-7-9-19-10-8-12/h3-10,16,22,24H,2,11H2,1H3,(H,20,23). The van der Waals surface area contributed by atoms with E-state index in [4.69, 9.17) is 0 Å². The Hall–Kier alpha value is -2.86. The first kappa shape index (κ1) is 16.0. The Morgan fingerprint density at radius 1 is 1.25 bits per heavy atom. The molecule has 3 rings (SSSR count). The SMILES string of the molecule is CCCN1C(O)=C(NC(=O)c2ccncc2)C(O)c2ccccc21. The van der Waals surface area contributed by atoms with Gasteiger partial charge in [0.15, 0.2) is 0 Å². The summed E-state index contributed by atoms with van der Waals surface area (Å²) in [4.78, 5) is 17.9. The lowest BCUT2D eigenvalue weighted by atomic mass is 9.99. The third-order valence-corrected chi connectivity index (χ3v) is 3.93. The van der Waals surface area contributed by atoms with Crippen LogP contribution in [0, 0.1) is 0 Å². The molecule has 6 nitrogen and oxygen atoms in total. The van der Waals surface area contributed by atoms with Gasteiger partial charge in [0.1, 0.15) is 11.8 Å². The third-order valence-electron chi connectivity index (χ3n) is 3.93. The Labute approximate surface area is 140 Å². The summed E-state index contributed by atoms with van der Waals surface area (Å²) < 4.78 is 0. The largest absolute Gasteiger partial charge is 0.493 e. The first-order valence-corrected chi connectivity index (χ1v) is 7.82. The molecule has 1 aliphatic rings. The van der Waals surface area contributed by atoms with Gasteiger partial charge in [-0.25, -0.2) is 0 Å². The normalized spacial score (nSPS) is 16.8. The predicted octanol–water partition coefficient (Wildman–Crippen LogP) is 2.50.